The fourth-order valence-electron chi connectivity index (χ4n) is 5.06. The Morgan fingerprint density at radius 2 is 2.05 bits per heavy atom. The van der Waals surface area contributed by atoms with Gasteiger partial charge in [0.25, 0.3) is 0 Å². The van der Waals surface area contributed by atoms with Crippen LogP contribution in [-0.4, -0.2) is 56.7 Å². The van der Waals surface area contributed by atoms with Crippen LogP contribution in [0.2, 0.25) is 0 Å². The molecule has 1 aliphatic rings. The van der Waals surface area contributed by atoms with Gasteiger partial charge < -0.3 is 25.8 Å². The predicted molar refractivity (Wildman–Crippen MR) is 163 cm³/mol. The van der Waals surface area contributed by atoms with Crippen molar-refractivity contribution in [2.45, 2.75) is 44.9 Å². The van der Waals surface area contributed by atoms with Crippen molar-refractivity contribution >= 4 is 29.7 Å². The second kappa shape index (κ2) is 12.7. The van der Waals surface area contributed by atoms with Gasteiger partial charge in [-0.2, -0.15) is 10.4 Å². The molecule has 1 saturated heterocycles. The van der Waals surface area contributed by atoms with E-state index in [-0.39, 0.29) is 41.0 Å². The van der Waals surface area contributed by atoms with E-state index in [1.807, 2.05) is 12.3 Å². The molecule has 0 unspecified atom stereocenters. The number of nitrogens with one attached hydrogen (secondary N) is 1. The molecule has 42 heavy (non-hydrogen) atoms. The molecule has 4 N–H and O–H groups in total. The Kier molecular flexibility index (Phi) is 9.31. The van der Waals surface area contributed by atoms with Gasteiger partial charge in [-0.1, -0.05) is 6.07 Å². The zero-order valence-electron chi connectivity index (χ0n) is 23.7. The topological polar surface area (TPSA) is 138 Å². The molecule has 1 fully saturated rings. The van der Waals surface area contributed by atoms with Crippen molar-refractivity contribution in [3.8, 4) is 34.2 Å². The lowest BCUT2D eigenvalue weighted by molar-refractivity contribution is 0.0577. The Bertz CT molecular complexity index is 1600. The van der Waals surface area contributed by atoms with E-state index in [1.165, 1.54) is 13.2 Å². The molecule has 1 aliphatic heterocycles. The van der Waals surface area contributed by atoms with Gasteiger partial charge in [0.15, 0.2) is 0 Å². The molecule has 0 radical (unpaired) electrons. The first kappa shape index (κ1) is 30.7. The van der Waals surface area contributed by atoms with E-state index >= 15 is 0 Å². The van der Waals surface area contributed by atoms with Crippen molar-refractivity contribution in [2.75, 3.05) is 30.4 Å². The van der Waals surface area contributed by atoms with Crippen LogP contribution in [0.4, 0.5) is 21.7 Å². The van der Waals surface area contributed by atoms with Gasteiger partial charge in [-0.05, 0) is 51.0 Å². The van der Waals surface area contributed by atoms with Crippen LogP contribution in [0.5, 0.6) is 5.75 Å². The Morgan fingerprint density at radius 1 is 1.24 bits per heavy atom. The van der Waals surface area contributed by atoms with E-state index in [4.69, 9.17) is 10.5 Å². The molecular weight excluding hydrogens is 559 g/mol. The van der Waals surface area contributed by atoms with E-state index in [2.05, 4.69) is 31.4 Å². The second-order valence-electron chi connectivity index (χ2n) is 10.8. The highest BCUT2D eigenvalue weighted by molar-refractivity contribution is 5.85. The number of piperidine rings is 1. The number of methoxy groups -OCH3 is 1. The number of aliphatic hydroxyl groups is 1. The standard InChI is InChI=1S/C30H33FN8O2.ClH/c1-30(2,40)18-39-16-20(14-35-39)22-15-34-27(12-24(22)38-11-5-6-21(33)17-38)36-26-10-9-19(13-32)29(37-26)28-23(31)7-4-8-25(28)41-3;/h4,7-10,12,14-16,21,40H,5-6,11,17-18,33H2,1-3H3,(H,34,36,37);1H/t21-;/m0./s1. The fourth-order valence-corrected chi connectivity index (χ4v) is 5.06. The number of nitrogens with zero attached hydrogens (tertiary/aromatic N) is 6. The number of nitrogens with two attached hydrogens (primary N) is 1. The maximum Gasteiger partial charge on any atom is 0.136 e. The maximum absolute atomic E-state index is 14.9. The minimum absolute atomic E-state index is 0. The number of hydrogen-bond donors (Lipinski definition) is 3. The third-order valence-electron chi connectivity index (χ3n) is 6.88. The Balaban J connectivity index is 0.00000405. The van der Waals surface area contributed by atoms with Gasteiger partial charge in [-0.25, -0.2) is 14.4 Å². The third-order valence-corrected chi connectivity index (χ3v) is 6.88. The molecule has 0 amide bonds. The van der Waals surface area contributed by atoms with E-state index in [0.29, 0.717) is 24.7 Å². The molecule has 0 bridgehead atoms. The van der Waals surface area contributed by atoms with Crippen molar-refractivity contribution in [1.82, 2.24) is 19.7 Å². The second-order valence-corrected chi connectivity index (χ2v) is 10.8. The number of anilines is 3. The molecule has 3 aromatic heterocycles. The molecule has 1 atom stereocenters. The normalized spacial score (nSPS) is 15.1. The van der Waals surface area contributed by atoms with Crippen LogP contribution in [0.3, 0.4) is 0 Å². The molecule has 1 aromatic carbocycles. The summed E-state index contributed by atoms with van der Waals surface area (Å²) in [6.07, 6.45) is 7.36. The Hall–Kier alpha value is -4.24. The van der Waals surface area contributed by atoms with Gasteiger partial charge >= 0.3 is 0 Å². The van der Waals surface area contributed by atoms with Crippen molar-refractivity contribution in [2.24, 2.45) is 5.73 Å². The minimum atomic E-state index is -0.905. The maximum atomic E-state index is 14.9. The predicted octanol–water partition coefficient (Wildman–Crippen LogP) is 4.89. The number of aromatic nitrogens is 4. The summed E-state index contributed by atoms with van der Waals surface area (Å²) in [7, 11) is 1.44. The lowest BCUT2D eigenvalue weighted by Gasteiger charge is -2.34. The summed E-state index contributed by atoms with van der Waals surface area (Å²) in [5.74, 6) is 0.656. The molecule has 4 aromatic rings. The molecule has 12 heteroatoms. The summed E-state index contributed by atoms with van der Waals surface area (Å²) in [6, 6.07) is 11.8. The van der Waals surface area contributed by atoms with Crippen LogP contribution < -0.4 is 20.7 Å². The molecular formula is C30H34ClFN8O2. The average Bonchev–Trinajstić information content (AvgIpc) is 3.39. The smallest absolute Gasteiger partial charge is 0.136 e. The molecule has 0 spiro atoms. The summed E-state index contributed by atoms with van der Waals surface area (Å²) in [5.41, 5.74) is 8.61. The van der Waals surface area contributed by atoms with Crippen LogP contribution in [0, 0.1) is 17.1 Å². The summed E-state index contributed by atoms with van der Waals surface area (Å²) in [4.78, 5) is 11.5. The minimum Gasteiger partial charge on any atom is -0.496 e. The number of halogens is 2. The summed E-state index contributed by atoms with van der Waals surface area (Å²) in [5, 5.41) is 27.6. The fraction of sp³-hybridized carbons (Fsp3) is 0.333. The van der Waals surface area contributed by atoms with Gasteiger partial charge in [0.2, 0.25) is 0 Å². The van der Waals surface area contributed by atoms with E-state index < -0.39 is 11.4 Å². The number of ether oxygens (including phenoxy) is 1. The lowest BCUT2D eigenvalue weighted by Crippen LogP contribution is -2.43. The molecule has 4 heterocycles. The summed E-state index contributed by atoms with van der Waals surface area (Å²) >= 11 is 0. The van der Waals surface area contributed by atoms with E-state index in [1.54, 1.807) is 55.2 Å². The molecule has 220 valence electrons. The SMILES string of the molecule is COc1cccc(F)c1-c1nc(Nc2cc(N3CCC[C@H](N)C3)c(-c3cnn(CC(C)(C)O)c3)cn2)ccc1C#N.Cl. The highest BCUT2D eigenvalue weighted by Gasteiger charge is 2.23. The zero-order chi connectivity index (χ0) is 29.1. The van der Waals surface area contributed by atoms with Gasteiger partial charge in [-0.15, -0.1) is 12.4 Å². The number of benzene rings is 1. The zero-order valence-corrected chi connectivity index (χ0v) is 24.5. The third kappa shape index (κ3) is 6.79. The monoisotopic (exact) mass is 592 g/mol. The first-order valence-electron chi connectivity index (χ1n) is 13.4. The van der Waals surface area contributed by atoms with Gasteiger partial charge in [0.1, 0.15) is 29.3 Å². The van der Waals surface area contributed by atoms with Crippen LogP contribution >= 0.6 is 12.4 Å². The van der Waals surface area contributed by atoms with E-state index in [0.717, 1.165) is 36.2 Å². The molecule has 0 aliphatic carbocycles. The van der Waals surface area contributed by atoms with Gasteiger partial charge in [0, 0.05) is 54.4 Å². The van der Waals surface area contributed by atoms with Crippen LogP contribution in [0.15, 0.2) is 55.0 Å². The Morgan fingerprint density at radius 3 is 2.76 bits per heavy atom. The molecule has 10 nitrogen and oxygen atoms in total. The van der Waals surface area contributed by atoms with Crippen molar-refractivity contribution in [3.63, 3.8) is 0 Å². The Labute approximate surface area is 250 Å². The highest BCUT2D eigenvalue weighted by Crippen LogP contribution is 2.36. The first-order chi connectivity index (χ1) is 19.6. The van der Waals surface area contributed by atoms with Crippen molar-refractivity contribution < 1.29 is 14.2 Å². The summed E-state index contributed by atoms with van der Waals surface area (Å²) in [6.45, 7) is 5.36. The number of nitriles is 1. The quantitative estimate of drug-likeness (QED) is 0.261. The van der Waals surface area contributed by atoms with Gasteiger partial charge in [-0.3, -0.25) is 4.68 Å². The lowest BCUT2D eigenvalue weighted by atomic mass is 10.0. The van der Waals surface area contributed by atoms with Crippen LogP contribution in [-0.2, 0) is 6.54 Å². The summed E-state index contributed by atoms with van der Waals surface area (Å²) < 4.78 is 22.0. The van der Waals surface area contributed by atoms with Crippen LogP contribution in [0.25, 0.3) is 22.4 Å². The first-order valence-corrected chi connectivity index (χ1v) is 13.4. The molecule has 0 saturated carbocycles. The largest absolute Gasteiger partial charge is 0.496 e. The van der Waals surface area contributed by atoms with Gasteiger partial charge in [0.05, 0.1) is 42.3 Å². The van der Waals surface area contributed by atoms with Crippen molar-refractivity contribution in [3.05, 3.63) is 66.4 Å². The van der Waals surface area contributed by atoms with Crippen molar-refractivity contribution in [1.29, 1.82) is 5.26 Å². The average molecular weight is 593 g/mol. The number of pyridine rings is 2. The molecule has 5 rings (SSSR count). The number of hydrogen-bond acceptors (Lipinski definition) is 9. The van der Waals surface area contributed by atoms with E-state index in [9.17, 15) is 14.8 Å². The highest BCUT2D eigenvalue weighted by atomic mass is 35.5. The number of rotatable bonds is 8. The van der Waals surface area contributed by atoms with Crippen LogP contribution in [0.1, 0.15) is 32.3 Å².